The number of carbonyl (C=O) groups is 1. The van der Waals surface area contributed by atoms with Gasteiger partial charge in [0.15, 0.2) is 5.82 Å². The second-order valence-electron chi connectivity index (χ2n) is 7.93. The highest BCUT2D eigenvalue weighted by Crippen LogP contribution is 2.28. The Hall–Kier alpha value is -3.22. The molecule has 0 atom stereocenters. The van der Waals surface area contributed by atoms with Crippen molar-refractivity contribution in [1.29, 1.82) is 0 Å². The summed E-state index contributed by atoms with van der Waals surface area (Å²) in [5, 5.41) is 3.90. The lowest BCUT2D eigenvalue weighted by Crippen LogP contribution is -2.35. The van der Waals surface area contributed by atoms with Crippen LogP contribution < -0.4 is 4.90 Å². The Kier molecular flexibility index (Phi) is 5.79. The van der Waals surface area contributed by atoms with Crippen molar-refractivity contribution >= 4 is 11.7 Å². The fraction of sp³-hybridized carbons (Fsp3) is 0.391. The number of benzene rings is 1. The zero-order valence-electron chi connectivity index (χ0n) is 17.7. The smallest absolute Gasteiger partial charge is 0.261 e. The molecule has 0 saturated carbocycles. The van der Waals surface area contributed by atoms with Gasteiger partial charge in [-0.25, -0.2) is 4.98 Å². The van der Waals surface area contributed by atoms with Crippen molar-refractivity contribution in [1.82, 2.24) is 20.0 Å². The van der Waals surface area contributed by atoms with Crippen LogP contribution in [-0.2, 0) is 0 Å². The van der Waals surface area contributed by atoms with Crippen molar-refractivity contribution in [2.75, 3.05) is 31.1 Å². The summed E-state index contributed by atoms with van der Waals surface area (Å²) in [7, 11) is 0. The molecule has 1 aromatic carbocycles. The molecule has 156 valence electrons. The molecular weight excluding hydrogens is 378 g/mol. The van der Waals surface area contributed by atoms with Gasteiger partial charge in [-0.3, -0.25) is 4.79 Å². The molecule has 3 aromatic rings. The van der Waals surface area contributed by atoms with Gasteiger partial charge < -0.3 is 14.3 Å². The highest BCUT2D eigenvalue weighted by molar-refractivity contribution is 5.94. The molecule has 0 bridgehead atoms. The molecule has 7 heteroatoms. The van der Waals surface area contributed by atoms with E-state index in [0.29, 0.717) is 30.7 Å². The fourth-order valence-corrected chi connectivity index (χ4v) is 3.75. The molecule has 3 heterocycles. The first-order valence-electron chi connectivity index (χ1n) is 10.4. The molecular formula is C23H27N5O2. The van der Waals surface area contributed by atoms with Crippen molar-refractivity contribution < 1.29 is 9.32 Å². The fourth-order valence-electron chi connectivity index (χ4n) is 3.75. The number of aromatic nitrogens is 3. The van der Waals surface area contributed by atoms with E-state index in [1.807, 2.05) is 29.2 Å². The Morgan fingerprint density at radius 3 is 2.57 bits per heavy atom. The Morgan fingerprint density at radius 2 is 1.87 bits per heavy atom. The van der Waals surface area contributed by atoms with Crippen LogP contribution in [0.3, 0.4) is 0 Å². The quantitative estimate of drug-likeness (QED) is 0.655. The van der Waals surface area contributed by atoms with Crippen molar-refractivity contribution in [3.05, 3.63) is 59.5 Å². The van der Waals surface area contributed by atoms with Gasteiger partial charge in [0.1, 0.15) is 5.82 Å². The summed E-state index contributed by atoms with van der Waals surface area (Å²) in [5.41, 5.74) is 2.81. The molecule has 0 aliphatic carbocycles. The zero-order valence-corrected chi connectivity index (χ0v) is 17.7. The van der Waals surface area contributed by atoms with Crippen LogP contribution in [0, 0.1) is 6.92 Å². The zero-order chi connectivity index (χ0) is 21.1. The van der Waals surface area contributed by atoms with Gasteiger partial charge in [0.05, 0.1) is 5.56 Å². The lowest BCUT2D eigenvalue weighted by atomic mass is 10.0. The first kappa shape index (κ1) is 20.1. The summed E-state index contributed by atoms with van der Waals surface area (Å²) >= 11 is 0. The number of hydrogen-bond acceptors (Lipinski definition) is 6. The van der Waals surface area contributed by atoms with E-state index in [2.05, 4.69) is 46.0 Å². The molecule has 2 aromatic heterocycles. The number of nitrogens with zero attached hydrogens (tertiary/aromatic N) is 5. The van der Waals surface area contributed by atoms with Crippen LogP contribution in [0.1, 0.15) is 47.9 Å². The Bertz CT molecular complexity index is 1010. The van der Waals surface area contributed by atoms with Gasteiger partial charge in [0, 0.05) is 37.9 Å². The number of rotatable bonds is 4. The van der Waals surface area contributed by atoms with E-state index < -0.39 is 0 Å². The molecule has 0 radical (unpaired) electrons. The third kappa shape index (κ3) is 4.20. The molecule has 1 saturated heterocycles. The summed E-state index contributed by atoms with van der Waals surface area (Å²) in [6.45, 7) is 8.99. The molecule has 1 aliphatic heterocycles. The van der Waals surface area contributed by atoms with E-state index in [-0.39, 0.29) is 5.91 Å². The van der Waals surface area contributed by atoms with Gasteiger partial charge in [-0.2, -0.15) is 4.98 Å². The standard InChI is InChI=1S/C23H27N5O2/c1-16(2)18-7-9-19(10-8-18)23(29)28-13-5-12-27(14-15-28)21-20(6-4-11-24-21)22-25-17(3)26-30-22/h4,6-11,16H,5,12-15H2,1-3H3. The van der Waals surface area contributed by atoms with E-state index in [4.69, 9.17) is 4.52 Å². The lowest BCUT2D eigenvalue weighted by molar-refractivity contribution is 0.0767. The minimum atomic E-state index is 0.0842. The maximum Gasteiger partial charge on any atom is 0.261 e. The first-order chi connectivity index (χ1) is 14.5. The third-order valence-corrected chi connectivity index (χ3v) is 5.45. The highest BCUT2D eigenvalue weighted by Gasteiger charge is 2.24. The second-order valence-corrected chi connectivity index (χ2v) is 7.93. The highest BCUT2D eigenvalue weighted by atomic mass is 16.5. The van der Waals surface area contributed by atoms with Crippen molar-refractivity contribution in [2.24, 2.45) is 0 Å². The molecule has 4 rings (SSSR count). The van der Waals surface area contributed by atoms with Crippen LogP contribution in [-0.4, -0.2) is 52.1 Å². The van der Waals surface area contributed by atoms with Gasteiger partial charge in [-0.15, -0.1) is 0 Å². The average Bonchev–Trinajstić information content (AvgIpc) is 3.05. The number of aryl methyl sites for hydroxylation is 1. The van der Waals surface area contributed by atoms with E-state index in [0.717, 1.165) is 36.5 Å². The normalized spacial score (nSPS) is 14.8. The minimum Gasteiger partial charge on any atom is -0.354 e. The molecule has 0 N–H and O–H groups in total. The van der Waals surface area contributed by atoms with Gasteiger partial charge in [0.2, 0.25) is 0 Å². The molecule has 1 amide bonds. The van der Waals surface area contributed by atoms with Gasteiger partial charge >= 0.3 is 0 Å². The number of pyridine rings is 1. The molecule has 30 heavy (non-hydrogen) atoms. The Labute approximate surface area is 176 Å². The SMILES string of the molecule is Cc1noc(-c2cccnc2N2CCCN(C(=O)c3ccc(C(C)C)cc3)CC2)n1. The van der Waals surface area contributed by atoms with Crippen LogP contribution >= 0.6 is 0 Å². The lowest BCUT2D eigenvalue weighted by Gasteiger charge is -2.24. The van der Waals surface area contributed by atoms with E-state index in [1.54, 1.807) is 13.1 Å². The van der Waals surface area contributed by atoms with Crippen LogP contribution in [0.15, 0.2) is 47.1 Å². The Morgan fingerprint density at radius 1 is 1.07 bits per heavy atom. The average molecular weight is 406 g/mol. The van der Waals surface area contributed by atoms with Crippen molar-refractivity contribution in [3.8, 4) is 11.5 Å². The number of amides is 1. The van der Waals surface area contributed by atoms with Gasteiger partial charge in [-0.05, 0) is 49.1 Å². The van der Waals surface area contributed by atoms with Gasteiger partial charge in [0.25, 0.3) is 11.8 Å². The van der Waals surface area contributed by atoms with Crippen LogP contribution in [0.25, 0.3) is 11.5 Å². The van der Waals surface area contributed by atoms with E-state index >= 15 is 0 Å². The predicted molar refractivity (Wildman–Crippen MR) is 116 cm³/mol. The maximum absolute atomic E-state index is 13.0. The molecule has 0 spiro atoms. The Balaban J connectivity index is 1.49. The largest absolute Gasteiger partial charge is 0.354 e. The second kappa shape index (κ2) is 8.65. The third-order valence-electron chi connectivity index (χ3n) is 5.45. The minimum absolute atomic E-state index is 0.0842. The van der Waals surface area contributed by atoms with Crippen LogP contribution in [0.4, 0.5) is 5.82 Å². The van der Waals surface area contributed by atoms with E-state index in [1.165, 1.54) is 5.56 Å². The molecule has 0 unspecified atom stereocenters. The summed E-state index contributed by atoms with van der Waals surface area (Å²) in [6.07, 6.45) is 2.64. The molecule has 1 fully saturated rings. The monoisotopic (exact) mass is 405 g/mol. The summed E-state index contributed by atoms with van der Waals surface area (Å²) in [5.74, 6) is 2.42. The van der Waals surface area contributed by atoms with E-state index in [9.17, 15) is 4.79 Å². The van der Waals surface area contributed by atoms with Crippen molar-refractivity contribution in [2.45, 2.75) is 33.1 Å². The van der Waals surface area contributed by atoms with Crippen LogP contribution in [0.2, 0.25) is 0 Å². The number of anilines is 1. The van der Waals surface area contributed by atoms with Crippen molar-refractivity contribution in [3.63, 3.8) is 0 Å². The molecule has 1 aliphatic rings. The first-order valence-corrected chi connectivity index (χ1v) is 10.4. The predicted octanol–water partition coefficient (Wildman–Crippen LogP) is 3.92. The van der Waals surface area contributed by atoms with Crippen LogP contribution in [0.5, 0.6) is 0 Å². The van der Waals surface area contributed by atoms with Gasteiger partial charge in [-0.1, -0.05) is 31.1 Å². The number of carbonyl (C=O) groups excluding carboxylic acids is 1. The summed E-state index contributed by atoms with van der Waals surface area (Å²) < 4.78 is 5.36. The summed E-state index contributed by atoms with van der Waals surface area (Å²) in [6, 6.07) is 11.8. The number of hydrogen-bond donors (Lipinski definition) is 0. The summed E-state index contributed by atoms with van der Waals surface area (Å²) in [4.78, 5) is 26.1. The molecule has 7 nitrogen and oxygen atoms in total. The maximum atomic E-state index is 13.0. The topological polar surface area (TPSA) is 75.4 Å².